The first kappa shape index (κ1) is 67.8. The van der Waals surface area contributed by atoms with E-state index in [0.717, 1.165) is 32.4 Å². The summed E-state index contributed by atoms with van der Waals surface area (Å²) in [5.41, 5.74) is 0. The van der Waals surface area contributed by atoms with E-state index in [9.17, 15) is 97.6 Å². The van der Waals surface area contributed by atoms with Crippen LogP contribution in [0.3, 0.4) is 0 Å². The molecule has 23 atom stereocenters. The van der Waals surface area contributed by atoms with Crippen LogP contribution in [-0.4, -0.2) is 284 Å². The summed E-state index contributed by atoms with van der Waals surface area (Å²) in [7, 11) is -5.52. The molecule has 0 bridgehead atoms. The number of carbonyl (C=O) groups is 7. The normalized spacial score (nSPS) is 38.0. The highest BCUT2D eigenvalue weighted by Gasteiger charge is 2.58. The number of carboxylic acid groups (broad SMARTS) is 2. The van der Waals surface area contributed by atoms with Gasteiger partial charge in [0.15, 0.2) is 37.4 Å². The minimum Gasteiger partial charge on any atom is -0.479 e. The van der Waals surface area contributed by atoms with Crippen molar-refractivity contribution in [2.45, 2.75) is 205 Å². The van der Waals surface area contributed by atoms with Gasteiger partial charge in [0.25, 0.3) is 0 Å². The van der Waals surface area contributed by atoms with Crippen LogP contribution >= 0.6 is 11.8 Å². The molecule has 0 aromatic heterocycles. The summed E-state index contributed by atoms with van der Waals surface area (Å²) in [4.78, 5) is 86.7. The molecule has 6 aliphatic rings. The number of carboxylic acids is 2. The number of hydrogen-bond donors (Lipinski definition) is 17. The van der Waals surface area contributed by atoms with Crippen molar-refractivity contribution < 1.29 is 140 Å². The predicted octanol–water partition coefficient (Wildman–Crippen LogP) is -7.91. The number of hydrogen-bond acceptors (Lipinski definition) is 27. The average Bonchev–Trinajstić information content (AvgIpc) is 4.16. The van der Waals surface area contributed by atoms with E-state index in [-0.39, 0.29) is 37.0 Å². The lowest BCUT2D eigenvalue weighted by Gasteiger charge is -2.50. The first-order valence-electron chi connectivity index (χ1n) is 26.6. The number of aliphatic carboxylic acids is 2. The van der Waals surface area contributed by atoms with E-state index >= 15 is 0 Å². The van der Waals surface area contributed by atoms with Gasteiger partial charge >= 0.3 is 28.4 Å². The number of ether oxygens (including phenoxy) is 8. The molecule has 6 saturated heterocycles. The van der Waals surface area contributed by atoms with Gasteiger partial charge in [-0.25, -0.2) is 18.6 Å². The molecule has 83 heavy (non-hydrogen) atoms. The van der Waals surface area contributed by atoms with Gasteiger partial charge in [-0.15, -0.1) is 0 Å². The van der Waals surface area contributed by atoms with E-state index in [2.05, 4.69) is 31.9 Å². The summed E-state index contributed by atoms with van der Waals surface area (Å²) in [5.74, 6) is -5.27. The number of aliphatic hydroxyl groups excluding tert-OH is 8. The van der Waals surface area contributed by atoms with Gasteiger partial charge in [0, 0.05) is 50.8 Å². The Morgan fingerprint density at radius 3 is 1.77 bits per heavy atom. The topological polar surface area (TPSA) is 531 Å². The number of nitrogens with one attached hydrogen (secondary N) is 6. The minimum absolute atomic E-state index is 0.0791. The second-order valence-corrected chi connectivity index (χ2v) is 22.7. The van der Waals surface area contributed by atoms with E-state index in [1.807, 2.05) is 11.8 Å². The highest BCUT2D eigenvalue weighted by atomic mass is 32.3. The summed E-state index contributed by atoms with van der Waals surface area (Å²) >= 11 is 1.81. The Labute approximate surface area is 477 Å². The van der Waals surface area contributed by atoms with Crippen LogP contribution < -0.4 is 31.9 Å². The smallest absolute Gasteiger partial charge is 0.397 e. The highest BCUT2D eigenvalue weighted by molar-refractivity contribution is 8.00. The molecule has 37 heteroatoms. The number of carbonyl (C=O) groups excluding carboxylic acids is 5. The molecule has 0 aromatic carbocycles. The van der Waals surface area contributed by atoms with Crippen molar-refractivity contribution >= 4 is 63.8 Å². The SMILES string of the molecule is CC(=O)N[C@H]1[C@H](OCCNC(=O)CCCCCNC(=O)CCCC[C@@H]2SC[C@@H]3NC(=O)N[C@@H]32)O[C@H](CO)[C@H](OS(=O)(=O)O)[C@@H]1O[C@@H]1O[C@H](C(=O)O)[C@@H](O[C@@H]2O[C@H](CO)[C@H](O)[C@H](O[C@@H]3O[C@H](C(=O)O)[C@@H](O)[C@H](O)[C@H]3O)[C@H]2NC(C)=O)[C@H](O)[C@H]1O. The van der Waals surface area contributed by atoms with Gasteiger partial charge in [0.1, 0.15) is 85.3 Å². The number of urea groups is 1. The van der Waals surface area contributed by atoms with Gasteiger partial charge < -0.3 is 121 Å². The lowest BCUT2D eigenvalue weighted by atomic mass is 9.94. The Morgan fingerprint density at radius 1 is 0.614 bits per heavy atom. The number of fused-ring (bicyclic) bond motifs is 1. The van der Waals surface area contributed by atoms with Crippen molar-refractivity contribution in [3.05, 3.63) is 0 Å². The second kappa shape index (κ2) is 30.8. The summed E-state index contributed by atoms with van der Waals surface area (Å²) in [5, 5.41) is 122. The Bertz CT molecular complexity index is 2340. The molecule has 6 aliphatic heterocycles. The molecule has 6 fully saturated rings. The van der Waals surface area contributed by atoms with Gasteiger partial charge in [-0.1, -0.05) is 12.8 Å². The number of unbranched alkanes of at least 4 members (excludes halogenated alkanes) is 3. The molecule has 17 N–H and O–H groups in total. The second-order valence-electron chi connectivity index (χ2n) is 20.4. The monoisotopic (exact) mass is 1240 g/mol. The molecule has 0 spiro atoms. The van der Waals surface area contributed by atoms with Crippen LogP contribution in [0.4, 0.5) is 4.79 Å². The summed E-state index contributed by atoms with van der Waals surface area (Å²) in [6, 6.07) is -3.60. The average molecular weight is 1240 g/mol. The van der Waals surface area contributed by atoms with Crippen LogP contribution in [0.1, 0.15) is 65.2 Å². The maximum Gasteiger partial charge on any atom is 0.397 e. The fraction of sp³-hybridized carbons (Fsp3) is 0.848. The zero-order chi connectivity index (χ0) is 61.0. The van der Waals surface area contributed by atoms with Gasteiger partial charge in [0.05, 0.1) is 31.9 Å². The first-order chi connectivity index (χ1) is 39.2. The highest BCUT2D eigenvalue weighted by Crippen LogP contribution is 2.37. The number of amides is 6. The third kappa shape index (κ3) is 18.1. The Morgan fingerprint density at radius 2 is 1.17 bits per heavy atom. The minimum atomic E-state index is -5.52. The van der Waals surface area contributed by atoms with E-state index in [4.69, 9.17) is 42.1 Å². The zero-order valence-electron chi connectivity index (χ0n) is 44.8. The van der Waals surface area contributed by atoms with Gasteiger partial charge in [-0.3, -0.25) is 23.7 Å². The summed E-state index contributed by atoms with van der Waals surface area (Å²) in [6.45, 7) is -0.500. The molecule has 474 valence electrons. The van der Waals surface area contributed by atoms with E-state index in [0.29, 0.717) is 43.9 Å². The Hall–Kier alpha value is -4.33. The Balaban J connectivity index is 1.06. The molecule has 0 unspecified atom stereocenters. The predicted molar refractivity (Wildman–Crippen MR) is 271 cm³/mol. The van der Waals surface area contributed by atoms with Crippen LogP contribution in [0.5, 0.6) is 0 Å². The maximum absolute atomic E-state index is 12.9. The van der Waals surface area contributed by atoms with Crippen molar-refractivity contribution in [2.24, 2.45) is 0 Å². The van der Waals surface area contributed by atoms with Crippen molar-refractivity contribution in [3.63, 3.8) is 0 Å². The first-order valence-corrected chi connectivity index (χ1v) is 29.0. The number of aliphatic hydroxyl groups is 8. The standard InChI is InChI=1S/C46H74N6O29S2/c1-17(55)49-26-35(76-44-32(63)29(60)30(61)38(79-44)40(65)66)28(59)20(14-53)74-43(26)78-37-31(62)33(64)45(80-39(37)41(67)68)77-36-27(50-18(2)56)42(75-21(15-54)34(36)81-83(70,71)72)73-13-12-48-24(58)9-4-3-7-11-47-23(57)10-6-5-8-22-25-19(16-82-22)51-46(69)52-25/h19-22,25-39,42-45,53-54,59-64H,3-16H2,1-2H3,(H,47,57)(H,48,58)(H,49,55)(H,50,56)(H,65,66)(H,67,68)(H2,51,52,69)(H,70,71,72)/t19-,20+,21+,22-,25-,26+,27+,28-,29-,30-,31+,32+,33+,34-,35+,36+,37-,38-,39-,42+,43-,44+,45+/m0/s1. The largest absolute Gasteiger partial charge is 0.479 e. The molecule has 35 nitrogen and oxygen atoms in total. The van der Waals surface area contributed by atoms with Crippen molar-refractivity contribution in [3.8, 4) is 0 Å². The molecular weight excluding hydrogens is 1160 g/mol. The van der Waals surface area contributed by atoms with Crippen LogP contribution in [-0.2, 0) is 81.2 Å². The molecule has 0 aliphatic carbocycles. The summed E-state index contributed by atoms with van der Waals surface area (Å²) < 4.78 is 84.3. The quantitative estimate of drug-likeness (QED) is 0.0188. The molecule has 6 amide bonds. The van der Waals surface area contributed by atoms with Crippen LogP contribution in [0, 0.1) is 0 Å². The Kier molecular flexibility index (Phi) is 25.2. The number of thioether (sulfide) groups is 1. The van der Waals surface area contributed by atoms with Crippen molar-refractivity contribution in [1.29, 1.82) is 0 Å². The van der Waals surface area contributed by atoms with E-state index < -0.39 is 183 Å². The van der Waals surface area contributed by atoms with Crippen LogP contribution in [0.2, 0.25) is 0 Å². The van der Waals surface area contributed by atoms with E-state index in [1.165, 1.54) is 0 Å². The number of rotatable bonds is 29. The third-order valence-corrected chi connectivity index (χ3v) is 16.3. The molecule has 0 aromatic rings. The van der Waals surface area contributed by atoms with Gasteiger partial charge in [-0.2, -0.15) is 20.2 Å². The van der Waals surface area contributed by atoms with Crippen LogP contribution in [0.25, 0.3) is 0 Å². The molecule has 6 rings (SSSR count). The summed E-state index contributed by atoms with van der Waals surface area (Å²) in [6.07, 6.45) is -34.7. The molecule has 0 radical (unpaired) electrons. The van der Waals surface area contributed by atoms with Gasteiger partial charge in [-0.05, 0) is 25.7 Å². The molecular formula is C46H74N6O29S2. The van der Waals surface area contributed by atoms with Crippen LogP contribution in [0.15, 0.2) is 0 Å². The van der Waals surface area contributed by atoms with E-state index in [1.54, 1.807) is 0 Å². The lowest BCUT2D eigenvalue weighted by Crippen LogP contribution is -2.71. The fourth-order valence-electron chi connectivity index (χ4n) is 10.3. The fourth-order valence-corrected chi connectivity index (χ4v) is 12.4. The molecule has 0 saturated carbocycles. The third-order valence-electron chi connectivity index (χ3n) is 14.3. The van der Waals surface area contributed by atoms with Gasteiger partial charge in [0.2, 0.25) is 23.6 Å². The zero-order valence-corrected chi connectivity index (χ0v) is 46.4. The lowest BCUT2D eigenvalue weighted by molar-refractivity contribution is -0.368. The van der Waals surface area contributed by atoms with Crippen molar-refractivity contribution in [2.75, 3.05) is 38.7 Å². The molecule has 6 heterocycles. The van der Waals surface area contributed by atoms with Crippen molar-refractivity contribution in [1.82, 2.24) is 31.9 Å². The maximum atomic E-state index is 12.9.